The minimum Gasteiger partial charge on any atom is -0.493 e. The van der Waals surface area contributed by atoms with Crippen LogP contribution in [0.15, 0.2) is 59.4 Å². The van der Waals surface area contributed by atoms with E-state index < -0.39 is 18.5 Å². The Morgan fingerprint density at radius 1 is 1.14 bits per heavy atom. The van der Waals surface area contributed by atoms with Gasteiger partial charge < -0.3 is 34.0 Å². The zero-order chi connectivity index (χ0) is 25.9. The summed E-state index contributed by atoms with van der Waals surface area (Å²) in [6, 6.07) is 10.9. The number of likely N-dealkylation sites (N-methyl/N-ethyl adjacent to an activating group) is 1. The van der Waals surface area contributed by atoms with Gasteiger partial charge in [-0.05, 0) is 36.2 Å². The number of benzene rings is 2. The van der Waals surface area contributed by atoms with Gasteiger partial charge in [-0.15, -0.1) is 13.2 Å². The summed E-state index contributed by atoms with van der Waals surface area (Å²) in [7, 11) is 3.28. The Morgan fingerprint density at radius 3 is 2.56 bits per heavy atom. The normalized spacial score (nSPS) is 17.5. The molecule has 0 radical (unpaired) electrons. The van der Waals surface area contributed by atoms with Crippen molar-refractivity contribution in [2.24, 2.45) is 4.99 Å². The number of nitrogens with zero attached hydrogens (tertiary/aromatic N) is 4. The van der Waals surface area contributed by atoms with Gasteiger partial charge in [-0.25, -0.2) is 4.99 Å². The van der Waals surface area contributed by atoms with E-state index in [1.165, 1.54) is 13.2 Å². The van der Waals surface area contributed by atoms with Crippen LogP contribution in [0.4, 0.5) is 13.2 Å². The molecule has 194 valence electrons. The number of hydrogen-bond acceptors (Lipinski definition) is 8. The molecule has 2 aliphatic heterocycles. The zero-order valence-electron chi connectivity index (χ0n) is 19.7. The quantitative estimate of drug-likeness (QED) is 0.524. The van der Waals surface area contributed by atoms with E-state index in [0.29, 0.717) is 37.0 Å². The molecule has 2 aromatic carbocycles. The number of halogens is 4. The molecule has 0 amide bonds. The second-order valence-electron chi connectivity index (χ2n) is 8.25. The molecule has 36 heavy (non-hydrogen) atoms. The minimum absolute atomic E-state index is 0.0498. The first kappa shape index (κ1) is 25.8. The summed E-state index contributed by atoms with van der Waals surface area (Å²) in [5.74, 6) is 0.527. The predicted molar refractivity (Wildman–Crippen MR) is 128 cm³/mol. The van der Waals surface area contributed by atoms with Crippen molar-refractivity contribution in [3.63, 3.8) is 0 Å². The molecule has 1 N–H and O–H groups in total. The van der Waals surface area contributed by atoms with Crippen LogP contribution in [0, 0.1) is 0 Å². The van der Waals surface area contributed by atoms with Crippen molar-refractivity contribution in [2.45, 2.75) is 25.7 Å². The van der Waals surface area contributed by atoms with E-state index in [9.17, 15) is 18.3 Å². The van der Waals surface area contributed by atoms with E-state index >= 15 is 0 Å². The second-order valence-corrected chi connectivity index (χ2v) is 8.69. The van der Waals surface area contributed by atoms with Gasteiger partial charge in [-0.1, -0.05) is 23.7 Å². The van der Waals surface area contributed by atoms with Gasteiger partial charge in [0.05, 0.1) is 13.8 Å². The van der Waals surface area contributed by atoms with Crippen LogP contribution in [-0.2, 0) is 6.54 Å². The van der Waals surface area contributed by atoms with Gasteiger partial charge in [-0.2, -0.15) is 0 Å². The standard InChI is InChI=1S/C24H26ClF3N4O4/c1-30-15-31(10-3-11-33)14-19-22(30)29-23(32(19)13-16-4-6-17(25)7-5-16)35-21-12-18(36-24(26,27)28)8-9-20(21)34-2/h4-9,12,14,23,33H,3,10-11,13,15H2,1-2H3. The molecule has 0 saturated carbocycles. The lowest BCUT2D eigenvalue weighted by Gasteiger charge is -2.36. The molecule has 4 rings (SSSR count). The van der Waals surface area contributed by atoms with Gasteiger partial charge in [0.1, 0.15) is 11.4 Å². The average Bonchev–Trinajstić information content (AvgIpc) is 3.16. The van der Waals surface area contributed by atoms with Gasteiger partial charge in [0, 0.05) is 44.0 Å². The van der Waals surface area contributed by atoms with Crippen LogP contribution in [0.25, 0.3) is 0 Å². The smallest absolute Gasteiger partial charge is 0.493 e. The number of fused-ring (bicyclic) bond motifs is 1. The van der Waals surface area contributed by atoms with E-state index in [1.807, 2.05) is 35.2 Å². The number of amidine groups is 1. The lowest BCUT2D eigenvalue weighted by atomic mass is 10.2. The predicted octanol–water partition coefficient (Wildman–Crippen LogP) is 4.25. The summed E-state index contributed by atoms with van der Waals surface area (Å²) in [6.07, 6.45) is -3.18. The molecule has 0 saturated heterocycles. The Morgan fingerprint density at radius 2 is 1.89 bits per heavy atom. The van der Waals surface area contributed by atoms with Gasteiger partial charge in [0.15, 0.2) is 17.3 Å². The van der Waals surface area contributed by atoms with Gasteiger partial charge in [0.2, 0.25) is 0 Å². The van der Waals surface area contributed by atoms with E-state index in [4.69, 9.17) is 26.1 Å². The molecule has 1 atom stereocenters. The Balaban J connectivity index is 1.67. The SMILES string of the molecule is COc1ccc(OC(F)(F)F)cc1OC1N=C2C(=CN(CCCO)CN2C)N1Cc1ccc(Cl)cc1. The summed E-state index contributed by atoms with van der Waals surface area (Å²) >= 11 is 6.04. The number of methoxy groups -OCH3 is 1. The Hall–Kier alpha value is -3.31. The van der Waals surface area contributed by atoms with Crippen LogP contribution in [0.5, 0.6) is 17.2 Å². The lowest BCUT2D eigenvalue weighted by molar-refractivity contribution is -0.274. The largest absolute Gasteiger partial charge is 0.573 e. The van der Waals surface area contributed by atoms with Crippen molar-refractivity contribution < 1.29 is 32.5 Å². The topological polar surface area (TPSA) is 70.0 Å². The number of alkyl halides is 3. The molecule has 12 heteroatoms. The summed E-state index contributed by atoms with van der Waals surface area (Å²) in [5, 5.41) is 9.85. The van der Waals surface area contributed by atoms with E-state index in [0.717, 1.165) is 23.4 Å². The zero-order valence-corrected chi connectivity index (χ0v) is 20.5. The monoisotopic (exact) mass is 526 g/mol. The molecule has 0 bridgehead atoms. The highest BCUT2D eigenvalue weighted by Crippen LogP contribution is 2.37. The molecule has 0 aromatic heterocycles. The molecule has 0 fully saturated rings. The number of hydrogen-bond donors (Lipinski definition) is 1. The summed E-state index contributed by atoms with van der Waals surface area (Å²) in [5.41, 5.74) is 1.71. The highest BCUT2D eigenvalue weighted by Gasteiger charge is 2.38. The van der Waals surface area contributed by atoms with Crippen molar-refractivity contribution in [2.75, 3.05) is 34.0 Å². The van der Waals surface area contributed by atoms with Crippen LogP contribution in [0.1, 0.15) is 12.0 Å². The lowest BCUT2D eigenvalue weighted by Crippen LogP contribution is -2.44. The summed E-state index contributed by atoms with van der Waals surface area (Å²) < 4.78 is 53.9. The van der Waals surface area contributed by atoms with Crippen LogP contribution >= 0.6 is 11.6 Å². The number of aliphatic hydroxyl groups is 1. The molecule has 0 spiro atoms. The molecule has 2 aliphatic rings. The maximum Gasteiger partial charge on any atom is 0.573 e. The first-order valence-electron chi connectivity index (χ1n) is 11.1. The maximum absolute atomic E-state index is 12.8. The fourth-order valence-corrected chi connectivity index (χ4v) is 4.10. The van der Waals surface area contributed by atoms with Crippen LogP contribution in [0.2, 0.25) is 5.02 Å². The first-order valence-corrected chi connectivity index (χ1v) is 11.5. The third-order valence-corrected chi connectivity index (χ3v) is 5.82. The van der Waals surface area contributed by atoms with Crippen molar-refractivity contribution in [3.05, 3.63) is 64.9 Å². The van der Waals surface area contributed by atoms with E-state index in [1.54, 1.807) is 12.1 Å². The van der Waals surface area contributed by atoms with Crippen LogP contribution in [0.3, 0.4) is 0 Å². The summed E-state index contributed by atoms with van der Waals surface area (Å²) in [4.78, 5) is 10.6. The number of aliphatic imine (C=N–C) groups is 1. The maximum atomic E-state index is 12.8. The first-order chi connectivity index (χ1) is 17.2. The van der Waals surface area contributed by atoms with Crippen LogP contribution < -0.4 is 14.2 Å². The second kappa shape index (κ2) is 10.8. The molecular weight excluding hydrogens is 501 g/mol. The van der Waals surface area contributed by atoms with E-state index in [-0.39, 0.29) is 18.1 Å². The highest BCUT2D eigenvalue weighted by molar-refractivity contribution is 6.30. The fourth-order valence-electron chi connectivity index (χ4n) is 3.98. The Labute approximate surface area is 211 Å². The third kappa shape index (κ3) is 6.08. The number of aliphatic hydroxyl groups excluding tert-OH is 1. The third-order valence-electron chi connectivity index (χ3n) is 5.57. The Bertz CT molecular complexity index is 1130. The summed E-state index contributed by atoms with van der Waals surface area (Å²) in [6.45, 7) is 1.66. The number of rotatable bonds is 9. The molecular formula is C24H26ClF3N4O4. The van der Waals surface area contributed by atoms with Gasteiger partial charge in [0.25, 0.3) is 6.35 Å². The van der Waals surface area contributed by atoms with Gasteiger partial charge >= 0.3 is 6.36 Å². The van der Waals surface area contributed by atoms with Crippen LogP contribution in [-0.4, -0.2) is 72.3 Å². The molecule has 8 nitrogen and oxygen atoms in total. The fraction of sp³-hybridized carbons (Fsp3) is 0.375. The molecule has 2 aromatic rings. The minimum atomic E-state index is -4.85. The van der Waals surface area contributed by atoms with Gasteiger partial charge in [-0.3, -0.25) is 0 Å². The van der Waals surface area contributed by atoms with Crippen molar-refractivity contribution in [3.8, 4) is 17.2 Å². The number of ether oxygens (including phenoxy) is 3. The molecule has 1 unspecified atom stereocenters. The van der Waals surface area contributed by atoms with Crippen molar-refractivity contribution in [1.29, 1.82) is 0 Å². The Kier molecular flexibility index (Phi) is 7.70. The molecule has 2 heterocycles. The van der Waals surface area contributed by atoms with Crippen molar-refractivity contribution >= 4 is 17.4 Å². The van der Waals surface area contributed by atoms with E-state index in [2.05, 4.69) is 9.64 Å². The highest BCUT2D eigenvalue weighted by atomic mass is 35.5. The molecule has 0 aliphatic carbocycles. The average molecular weight is 527 g/mol. The van der Waals surface area contributed by atoms with Crippen molar-refractivity contribution in [1.82, 2.24) is 14.7 Å².